The van der Waals surface area contributed by atoms with Gasteiger partial charge in [-0.3, -0.25) is 9.80 Å². The Hall–Kier alpha value is -3.20. The molecule has 2 aliphatic rings. The van der Waals surface area contributed by atoms with E-state index >= 15 is 0 Å². The number of aromatic nitrogens is 2. The van der Waals surface area contributed by atoms with Crippen molar-refractivity contribution in [3.63, 3.8) is 0 Å². The van der Waals surface area contributed by atoms with Gasteiger partial charge in [0.1, 0.15) is 11.6 Å². The molecule has 0 saturated carbocycles. The molecule has 0 bridgehead atoms. The largest absolute Gasteiger partial charge is 0.437 e. The molecule has 15 heteroatoms. The highest BCUT2D eigenvalue weighted by molar-refractivity contribution is 7.89. The molecule has 2 aliphatic heterocycles. The van der Waals surface area contributed by atoms with Crippen molar-refractivity contribution in [1.29, 1.82) is 0 Å². The molecule has 3 aromatic rings. The van der Waals surface area contributed by atoms with Crippen LogP contribution in [0.4, 0.5) is 10.6 Å². The van der Waals surface area contributed by atoms with Crippen LogP contribution >= 0.6 is 23.2 Å². The SMILES string of the molecule is CNC(=O)NCC1CCN(Cc2cc(Oc3ccc(N4CCN(CCCS(N)(=O)=O)CC4)nc3)nc(-c3cc(Cl)cc(Cl)c3)c2)CC1. The molecule has 254 valence electrons. The number of piperazine rings is 1. The third-order valence-electron chi connectivity index (χ3n) is 8.45. The van der Waals surface area contributed by atoms with Crippen LogP contribution in [0, 0.1) is 5.92 Å². The summed E-state index contributed by atoms with van der Waals surface area (Å²) < 4.78 is 28.7. The highest BCUT2D eigenvalue weighted by atomic mass is 35.5. The van der Waals surface area contributed by atoms with Crippen LogP contribution in [-0.2, 0) is 16.6 Å². The Balaban J connectivity index is 1.23. The van der Waals surface area contributed by atoms with E-state index in [-0.39, 0.29) is 11.8 Å². The lowest BCUT2D eigenvalue weighted by Crippen LogP contribution is -2.47. The zero-order chi connectivity index (χ0) is 33.4. The lowest BCUT2D eigenvalue weighted by atomic mass is 9.96. The number of anilines is 1. The molecule has 5 rings (SSSR count). The molecule has 2 aromatic heterocycles. The number of pyridine rings is 2. The van der Waals surface area contributed by atoms with Gasteiger partial charge in [-0.05, 0) is 86.8 Å². The van der Waals surface area contributed by atoms with E-state index in [0.29, 0.717) is 52.8 Å². The number of nitrogens with one attached hydrogen (secondary N) is 2. The maximum atomic E-state index is 11.6. The lowest BCUT2D eigenvalue weighted by molar-refractivity contribution is 0.175. The minimum atomic E-state index is -3.43. The summed E-state index contributed by atoms with van der Waals surface area (Å²) in [7, 11) is -1.81. The average Bonchev–Trinajstić information content (AvgIpc) is 3.04. The number of halogens is 2. The molecule has 2 amide bonds. The molecule has 0 atom stereocenters. The fourth-order valence-electron chi connectivity index (χ4n) is 5.92. The Morgan fingerprint density at radius 2 is 1.72 bits per heavy atom. The first-order chi connectivity index (χ1) is 22.5. The number of benzene rings is 1. The van der Waals surface area contributed by atoms with Gasteiger partial charge in [0.2, 0.25) is 15.9 Å². The van der Waals surface area contributed by atoms with Gasteiger partial charge in [0.15, 0.2) is 0 Å². The molecule has 2 saturated heterocycles. The smallest absolute Gasteiger partial charge is 0.314 e. The maximum Gasteiger partial charge on any atom is 0.314 e. The third-order valence-corrected chi connectivity index (χ3v) is 9.75. The van der Waals surface area contributed by atoms with Gasteiger partial charge in [-0.15, -0.1) is 0 Å². The third kappa shape index (κ3) is 10.9. The molecular weight excluding hydrogens is 663 g/mol. The summed E-state index contributed by atoms with van der Waals surface area (Å²) in [6.07, 6.45) is 4.23. The number of sulfonamides is 1. The summed E-state index contributed by atoms with van der Waals surface area (Å²) >= 11 is 12.7. The van der Waals surface area contributed by atoms with Crippen LogP contribution in [0.25, 0.3) is 11.3 Å². The topological polar surface area (TPSA) is 146 Å². The van der Waals surface area contributed by atoms with Crippen LogP contribution in [0.5, 0.6) is 11.6 Å². The fraction of sp³-hybridized carbons (Fsp3) is 0.469. The number of piperidine rings is 1. The number of urea groups is 1. The molecule has 47 heavy (non-hydrogen) atoms. The maximum absolute atomic E-state index is 11.6. The predicted molar refractivity (Wildman–Crippen MR) is 186 cm³/mol. The summed E-state index contributed by atoms with van der Waals surface area (Å²) in [6, 6.07) is 13.1. The summed E-state index contributed by atoms with van der Waals surface area (Å²) in [4.78, 5) is 27.9. The van der Waals surface area contributed by atoms with Gasteiger partial charge in [-0.25, -0.2) is 28.3 Å². The first-order valence-electron chi connectivity index (χ1n) is 15.8. The zero-order valence-corrected chi connectivity index (χ0v) is 28.8. The van der Waals surface area contributed by atoms with Crippen LogP contribution in [0.2, 0.25) is 10.0 Å². The van der Waals surface area contributed by atoms with E-state index in [9.17, 15) is 13.2 Å². The van der Waals surface area contributed by atoms with E-state index in [1.807, 2.05) is 36.4 Å². The molecule has 0 aliphatic carbocycles. The minimum absolute atomic E-state index is 0.000422. The number of nitrogens with zero attached hydrogens (tertiary/aromatic N) is 5. The molecule has 4 heterocycles. The number of hydrogen-bond acceptors (Lipinski definition) is 9. The molecule has 0 unspecified atom stereocenters. The number of primary sulfonamides is 1. The first kappa shape index (κ1) is 35.1. The van der Waals surface area contributed by atoms with Crippen LogP contribution < -0.4 is 25.4 Å². The second-order valence-corrected chi connectivity index (χ2v) is 14.6. The monoisotopic (exact) mass is 704 g/mol. The van der Waals surface area contributed by atoms with Gasteiger partial charge in [0.05, 0.1) is 17.6 Å². The van der Waals surface area contributed by atoms with E-state index in [1.54, 1.807) is 19.3 Å². The second kappa shape index (κ2) is 16.3. The van der Waals surface area contributed by atoms with E-state index in [1.165, 1.54) is 0 Å². The molecule has 12 nitrogen and oxygen atoms in total. The normalized spacial score (nSPS) is 16.6. The van der Waals surface area contributed by atoms with E-state index in [0.717, 1.165) is 75.6 Å². The molecular formula is C32H42Cl2N8O4S. The quantitative estimate of drug-likeness (QED) is 0.253. The summed E-state index contributed by atoms with van der Waals surface area (Å²) in [5.41, 5.74) is 2.55. The van der Waals surface area contributed by atoms with Gasteiger partial charge in [-0.2, -0.15) is 0 Å². The van der Waals surface area contributed by atoms with Crippen molar-refractivity contribution < 1.29 is 17.9 Å². The molecule has 2 fully saturated rings. The summed E-state index contributed by atoms with van der Waals surface area (Å²) in [5, 5.41) is 11.7. The van der Waals surface area contributed by atoms with E-state index < -0.39 is 10.0 Å². The zero-order valence-electron chi connectivity index (χ0n) is 26.5. The highest BCUT2D eigenvalue weighted by Crippen LogP contribution is 2.31. The van der Waals surface area contributed by atoms with Crippen molar-refractivity contribution in [2.24, 2.45) is 11.1 Å². The van der Waals surface area contributed by atoms with Crippen LogP contribution in [0.15, 0.2) is 48.7 Å². The number of ether oxygens (including phenoxy) is 1. The molecule has 0 spiro atoms. The van der Waals surface area contributed by atoms with Crippen LogP contribution in [-0.4, -0.2) is 99.4 Å². The van der Waals surface area contributed by atoms with Crippen molar-refractivity contribution in [2.75, 3.05) is 70.1 Å². The second-order valence-electron chi connectivity index (χ2n) is 12.0. The Bertz CT molecular complexity index is 1590. The summed E-state index contributed by atoms with van der Waals surface area (Å²) in [5.74, 6) is 2.32. The van der Waals surface area contributed by atoms with Gasteiger partial charge < -0.3 is 20.3 Å². The van der Waals surface area contributed by atoms with Gasteiger partial charge in [-0.1, -0.05) is 23.2 Å². The number of hydrogen-bond donors (Lipinski definition) is 3. The van der Waals surface area contributed by atoms with Gasteiger partial charge in [0, 0.05) is 68.0 Å². The summed E-state index contributed by atoms with van der Waals surface area (Å²) in [6.45, 7) is 7.17. The van der Waals surface area contributed by atoms with Crippen molar-refractivity contribution >= 4 is 45.1 Å². The Labute approximate surface area is 286 Å². The van der Waals surface area contributed by atoms with Crippen molar-refractivity contribution in [1.82, 2.24) is 30.4 Å². The highest BCUT2D eigenvalue weighted by Gasteiger charge is 2.21. The first-order valence-corrected chi connectivity index (χ1v) is 18.3. The van der Waals surface area contributed by atoms with Crippen molar-refractivity contribution in [2.45, 2.75) is 25.8 Å². The minimum Gasteiger partial charge on any atom is -0.437 e. The van der Waals surface area contributed by atoms with E-state index in [2.05, 4.69) is 30.3 Å². The van der Waals surface area contributed by atoms with Crippen molar-refractivity contribution in [3.05, 3.63) is 64.3 Å². The standard InChI is InChI=1S/C32H42Cl2N8O4S/c1-36-32(43)38-20-23-5-8-41(9-6-23)22-24-15-29(25-17-26(33)19-27(34)18-25)39-31(16-24)46-28-3-4-30(37-21-28)42-12-10-40(11-13-42)7-2-14-47(35,44)45/h3-4,15-19,21,23H,2,5-14,20,22H2,1H3,(H2,35,44,45)(H2,36,38,43). The fourth-order valence-corrected chi connectivity index (χ4v) is 6.97. The lowest BCUT2D eigenvalue weighted by Gasteiger charge is -2.35. The average molecular weight is 706 g/mol. The molecule has 4 N–H and O–H groups in total. The van der Waals surface area contributed by atoms with Crippen LogP contribution in [0.3, 0.4) is 0 Å². The number of carbonyl (C=O) groups is 1. The molecule has 0 radical (unpaired) electrons. The number of rotatable bonds is 12. The number of amides is 2. The Kier molecular flexibility index (Phi) is 12.2. The Morgan fingerprint density at radius 3 is 2.36 bits per heavy atom. The number of carbonyl (C=O) groups excluding carboxylic acids is 1. The van der Waals surface area contributed by atoms with Gasteiger partial charge in [0.25, 0.3) is 0 Å². The number of likely N-dealkylation sites (tertiary alicyclic amines) is 1. The van der Waals surface area contributed by atoms with E-state index in [4.69, 9.17) is 38.1 Å². The van der Waals surface area contributed by atoms with Gasteiger partial charge >= 0.3 is 6.03 Å². The predicted octanol–water partition coefficient (Wildman–Crippen LogP) is 4.18. The number of nitrogens with two attached hydrogens (primary N) is 1. The Morgan fingerprint density at radius 1 is 1.00 bits per heavy atom. The molecule has 1 aromatic carbocycles. The van der Waals surface area contributed by atoms with Crippen molar-refractivity contribution in [3.8, 4) is 22.9 Å². The van der Waals surface area contributed by atoms with Crippen LogP contribution in [0.1, 0.15) is 24.8 Å².